The minimum absolute atomic E-state index is 0.204. The van der Waals surface area contributed by atoms with Crippen LogP contribution in [-0.4, -0.2) is 39.1 Å². The number of hydrogen-bond donors (Lipinski definition) is 2. The summed E-state index contributed by atoms with van der Waals surface area (Å²) < 4.78 is 5.15. The predicted octanol–water partition coefficient (Wildman–Crippen LogP) is 3.13. The molecule has 4 aromatic rings. The zero-order valence-corrected chi connectivity index (χ0v) is 18.3. The number of aromatic nitrogens is 4. The van der Waals surface area contributed by atoms with E-state index < -0.39 is 11.8 Å². The average Bonchev–Trinajstić information content (AvgIpc) is 3.32. The normalized spacial score (nSPS) is 10.5. The van der Waals surface area contributed by atoms with E-state index in [1.54, 1.807) is 36.4 Å². The van der Waals surface area contributed by atoms with E-state index in [1.807, 2.05) is 30.3 Å². The largest absolute Gasteiger partial charge is 0.496 e. The van der Waals surface area contributed by atoms with Gasteiger partial charge in [-0.05, 0) is 41.1 Å². The van der Waals surface area contributed by atoms with Crippen molar-refractivity contribution in [1.82, 2.24) is 31.1 Å². The van der Waals surface area contributed by atoms with E-state index >= 15 is 0 Å². The number of hydrogen-bond acceptors (Lipinski definition) is 6. The van der Waals surface area contributed by atoms with Gasteiger partial charge in [0.25, 0.3) is 11.8 Å². The molecule has 0 bridgehead atoms. The van der Waals surface area contributed by atoms with Gasteiger partial charge in [-0.1, -0.05) is 54.1 Å². The predicted molar refractivity (Wildman–Crippen MR) is 122 cm³/mol. The molecule has 0 radical (unpaired) electrons. The molecule has 9 nitrogen and oxygen atoms in total. The molecule has 1 aromatic heterocycles. The molecule has 1 heterocycles. The second-order valence-corrected chi connectivity index (χ2v) is 7.40. The standard InChI is InChI=1S/C23H19ClN6O3/c1-33-20-12-11-18(24)13-19(20)23(32)27-26-22(31)17-9-7-15(8-10-17)14-30-28-21(25-29-30)16-5-3-2-4-6-16/h2-13H,14H2,1H3,(H,26,31)(H,27,32). The number of ether oxygens (including phenoxy) is 1. The number of nitrogens with zero attached hydrogens (tertiary/aromatic N) is 4. The fraction of sp³-hybridized carbons (Fsp3) is 0.0870. The van der Waals surface area contributed by atoms with E-state index in [0.29, 0.717) is 28.7 Å². The molecule has 2 N–H and O–H groups in total. The third-order valence-corrected chi connectivity index (χ3v) is 4.96. The number of hydrazine groups is 1. The first-order valence-corrected chi connectivity index (χ1v) is 10.3. The first kappa shape index (κ1) is 22.0. The molecule has 0 saturated heterocycles. The Hall–Kier alpha value is -4.24. The van der Waals surface area contributed by atoms with Gasteiger partial charge in [0.05, 0.1) is 19.2 Å². The molecule has 0 spiro atoms. The van der Waals surface area contributed by atoms with Crippen LogP contribution in [0.1, 0.15) is 26.3 Å². The summed E-state index contributed by atoms with van der Waals surface area (Å²) >= 11 is 5.94. The van der Waals surface area contributed by atoms with Crippen LogP contribution in [-0.2, 0) is 6.54 Å². The lowest BCUT2D eigenvalue weighted by atomic mass is 10.1. The van der Waals surface area contributed by atoms with Crippen molar-refractivity contribution in [1.29, 1.82) is 0 Å². The first-order chi connectivity index (χ1) is 16.0. The van der Waals surface area contributed by atoms with Gasteiger partial charge in [0, 0.05) is 16.1 Å². The minimum atomic E-state index is -0.550. The molecule has 0 aliphatic rings. The van der Waals surface area contributed by atoms with E-state index in [0.717, 1.165) is 11.1 Å². The Morgan fingerprint density at radius 2 is 1.70 bits per heavy atom. The summed E-state index contributed by atoms with van der Waals surface area (Å²) in [5, 5.41) is 12.9. The molecule has 0 aliphatic heterocycles. The third kappa shape index (κ3) is 5.34. The number of tetrazole rings is 1. The van der Waals surface area contributed by atoms with Crippen LogP contribution in [0.15, 0.2) is 72.8 Å². The average molecular weight is 463 g/mol. The van der Waals surface area contributed by atoms with Crippen molar-refractivity contribution in [2.75, 3.05) is 7.11 Å². The molecule has 0 fully saturated rings. The molecule has 0 atom stereocenters. The summed E-state index contributed by atoms with van der Waals surface area (Å²) in [5.41, 5.74) is 7.09. The smallest absolute Gasteiger partial charge is 0.273 e. The number of carbonyl (C=O) groups excluding carboxylic acids is 2. The van der Waals surface area contributed by atoms with Crippen molar-refractivity contribution in [2.45, 2.75) is 6.54 Å². The van der Waals surface area contributed by atoms with Crippen LogP contribution in [0.4, 0.5) is 0 Å². The fourth-order valence-corrected chi connectivity index (χ4v) is 3.22. The van der Waals surface area contributed by atoms with Crippen LogP contribution >= 0.6 is 11.6 Å². The Morgan fingerprint density at radius 1 is 0.970 bits per heavy atom. The highest BCUT2D eigenvalue weighted by molar-refractivity contribution is 6.31. The molecule has 0 unspecified atom stereocenters. The van der Waals surface area contributed by atoms with Gasteiger partial charge in [0.1, 0.15) is 5.75 Å². The monoisotopic (exact) mass is 462 g/mol. The molecule has 2 amide bonds. The maximum absolute atomic E-state index is 12.4. The van der Waals surface area contributed by atoms with Gasteiger partial charge < -0.3 is 4.74 Å². The van der Waals surface area contributed by atoms with Gasteiger partial charge in [0.2, 0.25) is 5.82 Å². The van der Waals surface area contributed by atoms with E-state index in [9.17, 15) is 9.59 Å². The lowest BCUT2D eigenvalue weighted by Crippen LogP contribution is -2.41. The van der Waals surface area contributed by atoms with E-state index in [2.05, 4.69) is 26.3 Å². The van der Waals surface area contributed by atoms with Gasteiger partial charge in [-0.15, -0.1) is 10.2 Å². The number of halogens is 1. The topological polar surface area (TPSA) is 111 Å². The maximum atomic E-state index is 12.4. The van der Waals surface area contributed by atoms with Gasteiger partial charge >= 0.3 is 0 Å². The van der Waals surface area contributed by atoms with Crippen molar-refractivity contribution in [3.8, 4) is 17.1 Å². The fourth-order valence-electron chi connectivity index (χ4n) is 3.05. The van der Waals surface area contributed by atoms with Crippen LogP contribution in [0.3, 0.4) is 0 Å². The van der Waals surface area contributed by atoms with E-state index in [4.69, 9.17) is 16.3 Å². The summed E-state index contributed by atoms with van der Waals surface area (Å²) in [4.78, 5) is 26.3. The zero-order valence-electron chi connectivity index (χ0n) is 17.5. The van der Waals surface area contributed by atoms with Crippen LogP contribution in [0.5, 0.6) is 5.75 Å². The van der Waals surface area contributed by atoms with Crippen LogP contribution < -0.4 is 15.6 Å². The highest BCUT2D eigenvalue weighted by Gasteiger charge is 2.14. The molecule has 0 aliphatic carbocycles. The molecule has 3 aromatic carbocycles. The number of nitrogens with one attached hydrogen (secondary N) is 2. The van der Waals surface area contributed by atoms with Crippen molar-refractivity contribution in [2.24, 2.45) is 0 Å². The lowest BCUT2D eigenvalue weighted by molar-refractivity contribution is 0.0845. The Balaban J connectivity index is 1.35. The molecule has 0 saturated carbocycles. The Kier molecular flexibility index (Phi) is 6.61. The Morgan fingerprint density at radius 3 is 2.42 bits per heavy atom. The third-order valence-electron chi connectivity index (χ3n) is 4.72. The molecular weight excluding hydrogens is 444 g/mol. The number of rotatable bonds is 6. The van der Waals surface area contributed by atoms with Crippen molar-refractivity contribution in [3.63, 3.8) is 0 Å². The van der Waals surface area contributed by atoms with E-state index in [-0.39, 0.29) is 5.56 Å². The van der Waals surface area contributed by atoms with Gasteiger partial charge in [-0.2, -0.15) is 4.80 Å². The van der Waals surface area contributed by atoms with E-state index in [1.165, 1.54) is 18.0 Å². The molecule has 33 heavy (non-hydrogen) atoms. The summed E-state index contributed by atoms with van der Waals surface area (Å²) in [6.45, 7) is 0.396. The molecule has 10 heteroatoms. The second-order valence-electron chi connectivity index (χ2n) is 6.96. The number of carbonyl (C=O) groups is 2. The molecule has 166 valence electrons. The van der Waals surface area contributed by atoms with Crippen molar-refractivity contribution < 1.29 is 14.3 Å². The van der Waals surface area contributed by atoms with Crippen molar-refractivity contribution in [3.05, 3.63) is 94.5 Å². The van der Waals surface area contributed by atoms with Gasteiger partial charge in [0.15, 0.2) is 0 Å². The Labute approximate surface area is 194 Å². The Bertz CT molecular complexity index is 1280. The molecular formula is C23H19ClN6O3. The van der Waals surface area contributed by atoms with Gasteiger partial charge in [-0.3, -0.25) is 20.4 Å². The lowest BCUT2D eigenvalue weighted by Gasteiger charge is -2.11. The number of methoxy groups -OCH3 is 1. The quantitative estimate of drug-likeness (QED) is 0.426. The minimum Gasteiger partial charge on any atom is -0.496 e. The highest BCUT2D eigenvalue weighted by atomic mass is 35.5. The zero-order chi connectivity index (χ0) is 23.2. The van der Waals surface area contributed by atoms with Crippen LogP contribution in [0.25, 0.3) is 11.4 Å². The summed E-state index contributed by atoms with van der Waals surface area (Å²) in [7, 11) is 1.44. The highest BCUT2D eigenvalue weighted by Crippen LogP contribution is 2.22. The number of benzene rings is 3. The molecule has 4 rings (SSSR count). The summed E-state index contributed by atoms with van der Waals surface area (Å²) in [5.74, 6) is -0.141. The van der Waals surface area contributed by atoms with Crippen molar-refractivity contribution >= 4 is 23.4 Å². The SMILES string of the molecule is COc1ccc(Cl)cc1C(=O)NNC(=O)c1ccc(Cn2nnc(-c3ccccc3)n2)cc1. The first-order valence-electron chi connectivity index (χ1n) is 9.90. The van der Waals surface area contributed by atoms with Crippen LogP contribution in [0, 0.1) is 0 Å². The summed E-state index contributed by atoms with van der Waals surface area (Å²) in [6, 6.07) is 21.1. The van der Waals surface area contributed by atoms with Crippen LogP contribution in [0.2, 0.25) is 5.02 Å². The number of amides is 2. The summed E-state index contributed by atoms with van der Waals surface area (Å²) in [6.07, 6.45) is 0. The van der Waals surface area contributed by atoms with Gasteiger partial charge in [-0.25, -0.2) is 0 Å². The second kappa shape index (κ2) is 9.92. The maximum Gasteiger partial charge on any atom is 0.273 e.